The minimum absolute atomic E-state index is 0.0888. The van der Waals surface area contributed by atoms with Crippen molar-refractivity contribution in [1.29, 1.82) is 0 Å². The topological polar surface area (TPSA) is 77.8 Å². The first-order valence-corrected chi connectivity index (χ1v) is 7.24. The van der Waals surface area contributed by atoms with Crippen molar-refractivity contribution in [2.24, 2.45) is 17.3 Å². The number of aliphatic hydroxyl groups is 2. The number of aliphatic carboxylic acids is 1. The van der Waals surface area contributed by atoms with Gasteiger partial charge >= 0.3 is 5.97 Å². The Morgan fingerprint density at radius 3 is 1.63 bits per heavy atom. The fourth-order valence-electron chi connectivity index (χ4n) is 1.81. The quantitative estimate of drug-likeness (QED) is 0.668. The van der Waals surface area contributed by atoms with Crippen molar-refractivity contribution >= 4 is 5.97 Å². The van der Waals surface area contributed by atoms with E-state index in [1.807, 2.05) is 20.8 Å². The zero-order valence-corrected chi connectivity index (χ0v) is 13.3. The van der Waals surface area contributed by atoms with Crippen molar-refractivity contribution in [1.82, 2.24) is 0 Å². The van der Waals surface area contributed by atoms with E-state index in [0.29, 0.717) is 0 Å². The van der Waals surface area contributed by atoms with Crippen LogP contribution in [0.1, 0.15) is 60.8 Å². The highest BCUT2D eigenvalue weighted by molar-refractivity contribution is 5.68. The molecule has 19 heavy (non-hydrogen) atoms. The summed E-state index contributed by atoms with van der Waals surface area (Å²) in [6, 6.07) is 0. The molecule has 0 aromatic heterocycles. The fraction of sp³-hybridized carbons (Fsp3) is 0.933. The van der Waals surface area contributed by atoms with Crippen LogP contribution >= 0.6 is 0 Å². The van der Waals surface area contributed by atoms with E-state index >= 15 is 0 Å². The predicted octanol–water partition coefficient (Wildman–Crippen LogP) is 2.92. The van der Waals surface area contributed by atoms with E-state index in [2.05, 4.69) is 6.92 Å². The summed E-state index contributed by atoms with van der Waals surface area (Å²) in [6.45, 7) is 11.6. The van der Waals surface area contributed by atoms with E-state index in [-0.39, 0.29) is 30.0 Å². The lowest BCUT2D eigenvalue weighted by Crippen LogP contribution is -2.41. The molecule has 0 saturated heterocycles. The third-order valence-electron chi connectivity index (χ3n) is 4.03. The molecule has 116 valence electrons. The van der Waals surface area contributed by atoms with Crippen LogP contribution in [0.2, 0.25) is 0 Å². The molecule has 0 aromatic rings. The molecule has 4 heteroatoms. The number of rotatable bonds is 7. The van der Waals surface area contributed by atoms with Crippen LogP contribution in [-0.2, 0) is 4.79 Å². The van der Waals surface area contributed by atoms with E-state index in [1.165, 1.54) is 0 Å². The molecule has 0 amide bonds. The highest BCUT2D eigenvalue weighted by Gasteiger charge is 2.36. The number of hydrogen-bond donors (Lipinski definition) is 3. The minimum atomic E-state index is -0.741. The highest BCUT2D eigenvalue weighted by Crippen LogP contribution is 2.34. The van der Waals surface area contributed by atoms with Gasteiger partial charge in [0.1, 0.15) is 0 Å². The van der Waals surface area contributed by atoms with Gasteiger partial charge in [0.05, 0.1) is 18.6 Å². The lowest BCUT2D eigenvalue weighted by Gasteiger charge is -2.37. The molecule has 4 nitrogen and oxygen atoms in total. The van der Waals surface area contributed by atoms with E-state index in [9.17, 15) is 15.0 Å². The molecule has 0 aromatic carbocycles. The van der Waals surface area contributed by atoms with Gasteiger partial charge in [0.25, 0.3) is 0 Å². The molecule has 0 aliphatic carbocycles. The van der Waals surface area contributed by atoms with Crippen molar-refractivity contribution in [3.8, 4) is 0 Å². The van der Waals surface area contributed by atoms with Gasteiger partial charge < -0.3 is 15.3 Å². The monoisotopic (exact) mass is 276 g/mol. The standard InChI is InChI=1S/C11H24O2.C4H8O2/c1-5-9(4)10(13)11(6-2,7-3)8-12;1-3(2)4(5)6/h9-10,12-13H,5-8H2,1-4H3;3H,1-2H3,(H,5,6). The maximum Gasteiger partial charge on any atom is 0.305 e. The SMILES string of the molecule is CC(C)C(=O)O.CCC(C)C(O)C(CC)(CC)CO. The van der Waals surface area contributed by atoms with Gasteiger partial charge in [-0.05, 0) is 18.8 Å². The van der Waals surface area contributed by atoms with Crippen molar-refractivity contribution < 1.29 is 20.1 Å². The maximum absolute atomic E-state index is 10.1. The van der Waals surface area contributed by atoms with E-state index < -0.39 is 5.97 Å². The van der Waals surface area contributed by atoms with Crippen LogP contribution in [-0.4, -0.2) is 34.0 Å². The number of carboxylic acids is 1. The highest BCUT2D eigenvalue weighted by atomic mass is 16.4. The Balaban J connectivity index is 0. The maximum atomic E-state index is 10.1. The smallest absolute Gasteiger partial charge is 0.305 e. The number of aliphatic hydroxyl groups excluding tert-OH is 2. The van der Waals surface area contributed by atoms with Crippen LogP contribution in [0.4, 0.5) is 0 Å². The lowest BCUT2D eigenvalue weighted by molar-refractivity contribution is -0.140. The molecule has 0 bridgehead atoms. The first kappa shape index (κ1) is 20.7. The second-order valence-electron chi connectivity index (χ2n) is 5.55. The number of carboxylic acid groups (broad SMARTS) is 1. The van der Waals surface area contributed by atoms with Gasteiger partial charge in [-0.15, -0.1) is 0 Å². The van der Waals surface area contributed by atoms with Crippen LogP contribution in [0.5, 0.6) is 0 Å². The molecular weight excluding hydrogens is 244 g/mol. The summed E-state index contributed by atoms with van der Waals surface area (Å²) >= 11 is 0. The Kier molecular flexibility index (Phi) is 11.1. The molecule has 2 unspecified atom stereocenters. The van der Waals surface area contributed by atoms with E-state index in [0.717, 1.165) is 19.3 Å². The Labute approximate surface area is 117 Å². The molecule has 0 saturated carbocycles. The summed E-state index contributed by atoms with van der Waals surface area (Å²) in [5.41, 5.74) is -0.282. The molecule has 0 rings (SSSR count). The van der Waals surface area contributed by atoms with Crippen molar-refractivity contribution in [3.05, 3.63) is 0 Å². The lowest BCUT2D eigenvalue weighted by atomic mass is 9.73. The summed E-state index contributed by atoms with van der Waals surface area (Å²) in [5, 5.41) is 27.4. The Morgan fingerprint density at radius 2 is 1.47 bits per heavy atom. The normalized spacial score (nSPS) is 14.6. The average molecular weight is 276 g/mol. The van der Waals surface area contributed by atoms with Gasteiger partial charge in [-0.1, -0.05) is 48.0 Å². The summed E-state index contributed by atoms with van der Waals surface area (Å²) in [5.74, 6) is -0.702. The molecule has 0 spiro atoms. The molecule has 0 aliphatic rings. The van der Waals surface area contributed by atoms with Crippen LogP contribution in [0.25, 0.3) is 0 Å². The largest absolute Gasteiger partial charge is 0.481 e. The second kappa shape index (κ2) is 10.2. The van der Waals surface area contributed by atoms with Crippen molar-refractivity contribution in [2.75, 3.05) is 6.61 Å². The van der Waals surface area contributed by atoms with Gasteiger partial charge in [-0.3, -0.25) is 4.79 Å². The molecule has 0 heterocycles. The van der Waals surface area contributed by atoms with Crippen LogP contribution < -0.4 is 0 Å². The summed E-state index contributed by atoms with van der Waals surface area (Å²) in [4.78, 5) is 9.70. The second-order valence-corrected chi connectivity index (χ2v) is 5.55. The zero-order valence-electron chi connectivity index (χ0n) is 13.3. The predicted molar refractivity (Wildman–Crippen MR) is 78.0 cm³/mol. The van der Waals surface area contributed by atoms with E-state index in [1.54, 1.807) is 13.8 Å². The Hall–Kier alpha value is -0.610. The zero-order chi connectivity index (χ0) is 15.6. The molecule has 0 aliphatic heterocycles. The Morgan fingerprint density at radius 1 is 1.11 bits per heavy atom. The average Bonchev–Trinajstić information content (AvgIpc) is 2.40. The molecule has 3 N–H and O–H groups in total. The van der Waals surface area contributed by atoms with Gasteiger partial charge in [0.15, 0.2) is 0 Å². The van der Waals surface area contributed by atoms with Crippen molar-refractivity contribution in [3.63, 3.8) is 0 Å². The number of carbonyl (C=O) groups is 1. The first-order valence-electron chi connectivity index (χ1n) is 7.24. The molecular formula is C15H32O4. The third kappa shape index (κ3) is 6.92. The van der Waals surface area contributed by atoms with Gasteiger partial charge in [0.2, 0.25) is 0 Å². The molecule has 0 radical (unpaired) electrons. The van der Waals surface area contributed by atoms with Crippen LogP contribution in [0.15, 0.2) is 0 Å². The van der Waals surface area contributed by atoms with Crippen LogP contribution in [0, 0.1) is 17.3 Å². The van der Waals surface area contributed by atoms with Gasteiger partial charge in [0, 0.05) is 5.41 Å². The molecule has 0 fully saturated rings. The third-order valence-corrected chi connectivity index (χ3v) is 4.03. The summed E-state index contributed by atoms with van der Waals surface area (Å²) in [7, 11) is 0. The fourth-order valence-corrected chi connectivity index (χ4v) is 1.81. The number of hydrogen-bond acceptors (Lipinski definition) is 3. The van der Waals surface area contributed by atoms with Crippen LogP contribution in [0.3, 0.4) is 0 Å². The van der Waals surface area contributed by atoms with E-state index in [4.69, 9.17) is 5.11 Å². The minimum Gasteiger partial charge on any atom is -0.481 e. The van der Waals surface area contributed by atoms with Gasteiger partial charge in [-0.2, -0.15) is 0 Å². The molecule has 2 atom stereocenters. The van der Waals surface area contributed by atoms with Gasteiger partial charge in [-0.25, -0.2) is 0 Å². The Bertz CT molecular complexity index is 226. The van der Waals surface area contributed by atoms with Crippen molar-refractivity contribution in [2.45, 2.75) is 66.9 Å². The summed E-state index contributed by atoms with van der Waals surface area (Å²) in [6.07, 6.45) is 2.26. The summed E-state index contributed by atoms with van der Waals surface area (Å²) < 4.78 is 0. The first-order chi connectivity index (χ1) is 8.72.